The van der Waals surface area contributed by atoms with Crippen molar-refractivity contribution < 1.29 is 18.3 Å². The molecule has 0 radical (unpaired) electrons. The molecular weight excluding hydrogens is 424 g/mol. The molecule has 30 heavy (non-hydrogen) atoms. The Labute approximate surface area is 182 Å². The number of amides is 1. The highest BCUT2D eigenvalue weighted by molar-refractivity contribution is 7.95. The summed E-state index contributed by atoms with van der Waals surface area (Å²) in [5, 5.41) is 11.0. The van der Waals surface area contributed by atoms with Gasteiger partial charge in [0.1, 0.15) is 4.91 Å². The topological polar surface area (TPSA) is 77.9 Å². The molecule has 1 aliphatic heterocycles. The van der Waals surface area contributed by atoms with Crippen LogP contribution in [-0.4, -0.2) is 56.4 Å². The Morgan fingerprint density at radius 1 is 1.07 bits per heavy atom. The van der Waals surface area contributed by atoms with Crippen molar-refractivity contribution in [3.05, 3.63) is 75.3 Å². The van der Waals surface area contributed by atoms with Crippen LogP contribution in [0, 0.1) is 6.92 Å². The van der Waals surface area contributed by atoms with Crippen molar-refractivity contribution >= 4 is 27.3 Å². The fourth-order valence-electron chi connectivity index (χ4n) is 3.51. The van der Waals surface area contributed by atoms with Crippen LogP contribution < -0.4 is 0 Å². The first-order valence-electron chi connectivity index (χ1n) is 9.59. The van der Waals surface area contributed by atoms with E-state index in [1.165, 1.54) is 29.2 Å². The number of hydrogen-bond donors (Lipinski definition) is 1. The number of carbonyl (C=O) groups is 1. The monoisotopic (exact) mass is 448 g/mol. The van der Waals surface area contributed by atoms with Crippen LogP contribution in [0.1, 0.15) is 23.6 Å². The summed E-state index contributed by atoms with van der Waals surface area (Å²) in [7, 11) is -0.269. The smallest absolute Gasteiger partial charge is 0.290 e. The molecule has 0 saturated heterocycles. The average Bonchev–Trinajstić information content (AvgIpc) is 2.94. The van der Waals surface area contributed by atoms with Gasteiger partial charge in [-0.1, -0.05) is 41.4 Å². The molecule has 0 aromatic heterocycles. The molecule has 1 aliphatic rings. The first-order valence-corrected chi connectivity index (χ1v) is 11.4. The van der Waals surface area contributed by atoms with E-state index < -0.39 is 27.5 Å². The molecule has 0 saturated carbocycles. The molecule has 0 bridgehead atoms. The summed E-state index contributed by atoms with van der Waals surface area (Å²) < 4.78 is 26.9. The van der Waals surface area contributed by atoms with Gasteiger partial charge in [0.25, 0.3) is 5.91 Å². The average molecular weight is 449 g/mol. The van der Waals surface area contributed by atoms with Gasteiger partial charge in [-0.2, -0.15) is 0 Å². The first-order chi connectivity index (χ1) is 14.1. The number of sulfone groups is 1. The lowest BCUT2D eigenvalue weighted by Gasteiger charge is -2.27. The van der Waals surface area contributed by atoms with Gasteiger partial charge in [-0.05, 0) is 63.8 Å². The minimum atomic E-state index is -4.12. The van der Waals surface area contributed by atoms with E-state index in [0.717, 1.165) is 12.1 Å². The fourth-order valence-corrected chi connectivity index (χ4v) is 5.29. The minimum Gasteiger partial charge on any atom is -0.502 e. The molecule has 6 nitrogen and oxygen atoms in total. The lowest BCUT2D eigenvalue weighted by molar-refractivity contribution is -0.129. The lowest BCUT2D eigenvalue weighted by atomic mass is 10.0. The summed E-state index contributed by atoms with van der Waals surface area (Å²) in [6.07, 6.45) is 0.642. The summed E-state index contributed by atoms with van der Waals surface area (Å²) in [4.78, 5) is 16.0. The van der Waals surface area contributed by atoms with E-state index in [9.17, 15) is 18.3 Å². The van der Waals surface area contributed by atoms with Crippen molar-refractivity contribution in [1.29, 1.82) is 0 Å². The Morgan fingerprint density at radius 2 is 1.67 bits per heavy atom. The number of carbonyl (C=O) groups excluding carboxylic acids is 1. The predicted octanol–water partition coefficient (Wildman–Crippen LogP) is 3.73. The zero-order chi connectivity index (χ0) is 22.1. The van der Waals surface area contributed by atoms with E-state index in [-0.39, 0.29) is 9.80 Å². The van der Waals surface area contributed by atoms with E-state index in [1.807, 2.05) is 38.1 Å². The molecule has 2 aromatic carbocycles. The first kappa shape index (κ1) is 22.3. The zero-order valence-electron chi connectivity index (χ0n) is 17.2. The standard InChI is InChI=1S/C22H25ClN2O4S/c1-15-5-7-16(8-6-15)19-21(30(28,29)18-11-9-17(23)10-12-18)20(26)22(27)25(19)14-4-13-24(2)3/h5-12,19,26H,4,13-14H2,1-3H3. The van der Waals surface area contributed by atoms with Gasteiger partial charge >= 0.3 is 0 Å². The third-order valence-electron chi connectivity index (χ3n) is 5.07. The Morgan fingerprint density at radius 3 is 2.23 bits per heavy atom. The van der Waals surface area contributed by atoms with Crippen molar-refractivity contribution in [3.63, 3.8) is 0 Å². The molecule has 160 valence electrons. The summed E-state index contributed by atoms with van der Waals surface area (Å²) in [5.74, 6) is -1.40. The van der Waals surface area contributed by atoms with Gasteiger partial charge in [0.2, 0.25) is 9.84 Å². The number of halogens is 1. The zero-order valence-corrected chi connectivity index (χ0v) is 18.7. The second-order valence-corrected chi connectivity index (χ2v) is 9.99. The van der Waals surface area contributed by atoms with E-state index >= 15 is 0 Å². The maximum Gasteiger partial charge on any atom is 0.290 e. The van der Waals surface area contributed by atoms with Gasteiger partial charge < -0.3 is 14.9 Å². The second-order valence-electron chi connectivity index (χ2n) is 7.64. The predicted molar refractivity (Wildman–Crippen MR) is 117 cm³/mol. The molecule has 1 atom stereocenters. The third-order valence-corrected chi connectivity index (χ3v) is 7.21. The maximum absolute atomic E-state index is 13.4. The van der Waals surface area contributed by atoms with E-state index in [0.29, 0.717) is 23.6 Å². The Bertz CT molecular complexity index is 1060. The minimum absolute atomic E-state index is 0.0199. The van der Waals surface area contributed by atoms with Gasteiger partial charge in [0, 0.05) is 11.6 Å². The highest BCUT2D eigenvalue weighted by atomic mass is 35.5. The highest BCUT2D eigenvalue weighted by Gasteiger charge is 2.46. The van der Waals surface area contributed by atoms with Crippen molar-refractivity contribution in [3.8, 4) is 0 Å². The van der Waals surface area contributed by atoms with Gasteiger partial charge in [-0.15, -0.1) is 0 Å². The Balaban J connectivity index is 2.09. The third kappa shape index (κ3) is 4.38. The maximum atomic E-state index is 13.4. The van der Waals surface area contributed by atoms with Crippen LogP contribution in [0.2, 0.25) is 5.02 Å². The molecule has 8 heteroatoms. The van der Waals surface area contributed by atoms with Crippen molar-refractivity contribution in [2.75, 3.05) is 27.2 Å². The summed E-state index contributed by atoms with van der Waals surface area (Å²) in [6.45, 7) is 2.97. The Kier molecular flexibility index (Phi) is 6.55. The van der Waals surface area contributed by atoms with E-state index in [2.05, 4.69) is 0 Å². The molecule has 0 aliphatic carbocycles. The molecule has 0 spiro atoms. The Hall–Kier alpha value is -2.35. The normalized spacial score (nSPS) is 17.3. The molecule has 0 fully saturated rings. The number of aryl methyl sites for hydroxylation is 1. The molecule has 1 amide bonds. The number of aliphatic hydroxyl groups excluding tert-OH is 1. The number of nitrogens with zero attached hydrogens (tertiary/aromatic N) is 2. The number of rotatable bonds is 7. The van der Waals surface area contributed by atoms with Gasteiger partial charge in [0.15, 0.2) is 5.76 Å². The summed E-state index contributed by atoms with van der Waals surface area (Å²) in [5.41, 5.74) is 1.65. The molecular formula is C22H25ClN2O4S. The van der Waals surface area contributed by atoms with Crippen molar-refractivity contribution in [1.82, 2.24) is 9.80 Å². The SMILES string of the molecule is Cc1ccc(C2C(S(=O)(=O)c3ccc(Cl)cc3)=C(O)C(=O)N2CCCN(C)C)cc1. The van der Waals surface area contributed by atoms with Gasteiger partial charge in [0.05, 0.1) is 10.9 Å². The molecule has 3 rings (SSSR count). The quantitative estimate of drug-likeness (QED) is 0.698. The van der Waals surface area contributed by atoms with Crippen LogP contribution in [0.5, 0.6) is 0 Å². The summed E-state index contributed by atoms with van der Waals surface area (Å²) >= 11 is 5.90. The fraction of sp³-hybridized carbons (Fsp3) is 0.318. The molecule has 1 heterocycles. The van der Waals surface area contributed by atoms with Gasteiger partial charge in [-0.3, -0.25) is 4.79 Å². The number of aliphatic hydroxyl groups is 1. The van der Waals surface area contributed by atoms with E-state index in [4.69, 9.17) is 11.6 Å². The van der Waals surface area contributed by atoms with Crippen LogP contribution >= 0.6 is 11.6 Å². The molecule has 2 aromatic rings. The van der Waals surface area contributed by atoms with E-state index in [1.54, 1.807) is 12.1 Å². The number of hydrogen-bond acceptors (Lipinski definition) is 5. The van der Waals surface area contributed by atoms with Crippen LogP contribution in [-0.2, 0) is 14.6 Å². The van der Waals surface area contributed by atoms with Crippen LogP contribution in [0.3, 0.4) is 0 Å². The molecule has 1 unspecified atom stereocenters. The summed E-state index contributed by atoms with van der Waals surface area (Å²) in [6, 6.07) is 12.1. The second kappa shape index (κ2) is 8.79. The highest BCUT2D eigenvalue weighted by Crippen LogP contribution is 2.42. The van der Waals surface area contributed by atoms with Crippen LogP contribution in [0.4, 0.5) is 0 Å². The van der Waals surface area contributed by atoms with Crippen LogP contribution in [0.25, 0.3) is 0 Å². The molecule has 1 N–H and O–H groups in total. The van der Waals surface area contributed by atoms with Crippen molar-refractivity contribution in [2.45, 2.75) is 24.3 Å². The largest absolute Gasteiger partial charge is 0.502 e. The van der Waals surface area contributed by atoms with Crippen molar-refractivity contribution in [2.24, 2.45) is 0 Å². The van der Waals surface area contributed by atoms with Crippen LogP contribution in [0.15, 0.2) is 64.1 Å². The van der Waals surface area contributed by atoms with Gasteiger partial charge in [-0.25, -0.2) is 8.42 Å². The number of benzene rings is 2. The lowest BCUT2D eigenvalue weighted by Crippen LogP contribution is -2.33.